The summed E-state index contributed by atoms with van der Waals surface area (Å²) < 4.78 is 83.5. The fraction of sp³-hybridized carbons (Fsp3) is 0.267. The summed E-state index contributed by atoms with van der Waals surface area (Å²) in [5.74, 6) is -2.40. The molecule has 0 saturated carbocycles. The number of nitrogens with zero attached hydrogens (tertiary/aromatic N) is 4. The lowest BCUT2D eigenvalue weighted by Gasteiger charge is -2.36. The molecule has 3 aromatic rings. The molecule has 13 nitrogen and oxygen atoms in total. The summed E-state index contributed by atoms with van der Waals surface area (Å²) in [5, 5.41) is 27.9. The van der Waals surface area contributed by atoms with Gasteiger partial charge in [-0.25, -0.2) is 10.2 Å². The molecular formula is C30H26F6N6O7. The zero-order valence-electron chi connectivity index (χ0n) is 25.3. The standard InChI is InChI=1S/C30H26F6N6O7/c1-28(2)25(24(44)26(45)38-19-9-5-17(6-10-19)29(31,32)33)41(20-11-7-18(8-12-20)30(34,35)36)27(46)40(28)16-22(43)39-37-15-3-4-21-13-14-23(49-21)42(47)48/h3-15,24-25,44H,16H2,1-2H3,(H,38,45)(H,39,43). The molecule has 1 fully saturated rings. The second-order valence-corrected chi connectivity index (χ2v) is 11.0. The summed E-state index contributed by atoms with van der Waals surface area (Å²) in [6.45, 7) is 2.06. The summed E-state index contributed by atoms with van der Waals surface area (Å²) in [5.41, 5.74) is -1.77. The zero-order chi connectivity index (χ0) is 36.3. The van der Waals surface area contributed by atoms with Crippen molar-refractivity contribution in [2.24, 2.45) is 5.10 Å². The topological polar surface area (TPSA) is 171 Å². The number of allylic oxidation sites excluding steroid dienone is 1. The van der Waals surface area contributed by atoms with Gasteiger partial charge in [-0.15, -0.1) is 0 Å². The minimum absolute atomic E-state index is 0.115. The Labute approximate surface area is 272 Å². The van der Waals surface area contributed by atoms with E-state index in [0.717, 1.165) is 46.3 Å². The van der Waals surface area contributed by atoms with Crippen LogP contribution in [0, 0.1) is 10.1 Å². The molecule has 1 aliphatic rings. The quantitative estimate of drug-likeness (QED) is 0.110. The van der Waals surface area contributed by atoms with Crippen LogP contribution in [0.5, 0.6) is 0 Å². The van der Waals surface area contributed by atoms with Gasteiger partial charge in [-0.2, -0.15) is 31.4 Å². The third-order valence-corrected chi connectivity index (χ3v) is 7.36. The number of aliphatic hydroxyl groups excluding tert-OH is 1. The highest BCUT2D eigenvalue weighted by Gasteiger charge is 2.57. The van der Waals surface area contributed by atoms with Crippen LogP contribution in [-0.4, -0.2) is 63.2 Å². The number of aliphatic hydroxyl groups is 1. The maximum absolute atomic E-state index is 13.7. The van der Waals surface area contributed by atoms with E-state index in [2.05, 4.69) is 15.8 Å². The van der Waals surface area contributed by atoms with Crippen molar-refractivity contribution >= 4 is 47.4 Å². The zero-order valence-corrected chi connectivity index (χ0v) is 25.3. The molecule has 19 heteroatoms. The Balaban J connectivity index is 1.55. The summed E-state index contributed by atoms with van der Waals surface area (Å²) >= 11 is 0. The molecule has 2 atom stereocenters. The molecule has 0 spiro atoms. The van der Waals surface area contributed by atoms with E-state index in [4.69, 9.17) is 4.42 Å². The average Bonchev–Trinajstić information content (AvgIpc) is 3.57. The number of carbonyl (C=O) groups excluding carboxylic acids is 3. The highest BCUT2D eigenvalue weighted by molar-refractivity contribution is 6.02. The maximum Gasteiger partial charge on any atom is 0.433 e. The molecule has 1 aliphatic heterocycles. The number of furan rings is 1. The van der Waals surface area contributed by atoms with Crippen LogP contribution in [0.2, 0.25) is 0 Å². The first-order chi connectivity index (χ1) is 22.8. The van der Waals surface area contributed by atoms with Crippen molar-refractivity contribution in [2.75, 3.05) is 16.8 Å². The van der Waals surface area contributed by atoms with Crippen molar-refractivity contribution in [2.45, 2.75) is 43.9 Å². The van der Waals surface area contributed by atoms with Crippen molar-refractivity contribution < 1.29 is 55.2 Å². The molecule has 0 aliphatic carbocycles. The third kappa shape index (κ3) is 8.23. The Morgan fingerprint density at radius 2 is 1.59 bits per heavy atom. The van der Waals surface area contributed by atoms with Gasteiger partial charge in [0.15, 0.2) is 6.10 Å². The van der Waals surface area contributed by atoms with Crippen molar-refractivity contribution in [1.82, 2.24) is 10.3 Å². The van der Waals surface area contributed by atoms with E-state index in [9.17, 15) is 55.9 Å². The molecular weight excluding hydrogens is 670 g/mol. The molecule has 49 heavy (non-hydrogen) atoms. The number of halogens is 6. The summed E-state index contributed by atoms with van der Waals surface area (Å²) in [6, 6.07) is 6.45. The van der Waals surface area contributed by atoms with E-state index in [-0.39, 0.29) is 17.1 Å². The first kappa shape index (κ1) is 36.1. The molecule has 1 aromatic heterocycles. The van der Waals surface area contributed by atoms with Crippen molar-refractivity contribution in [3.63, 3.8) is 0 Å². The van der Waals surface area contributed by atoms with Crippen LogP contribution in [0.15, 0.2) is 76.3 Å². The first-order valence-electron chi connectivity index (χ1n) is 14.0. The number of alkyl halides is 6. The monoisotopic (exact) mass is 696 g/mol. The van der Waals surface area contributed by atoms with Crippen LogP contribution in [0.3, 0.4) is 0 Å². The summed E-state index contributed by atoms with van der Waals surface area (Å²) in [4.78, 5) is 51.5. The van der Waals surface area contributed by atoms with E-state index < -0.39 is 76.4 Å². The van der Waals surface area contributed by atoms with Gasteiger partial charge in [0.1, 0.15) is 17.2 Å². The van der Waals surface area contributed by atoms with Crippen LogP contribution < -0.4 is 15.6 Å². The lowest BCUT2D eigenvalue weighted by atomic mass is 9.88. The predicted octanol–water partition coefficient (Wildman–Crippen LogP) is 5.43. The Kier molecular flexibility index (Phi) is 10.2. The minimum Gasteiger partial charge on any atom is -0.401 e. The SMILES string of the molecule is CC1(C)C(C(O)C(=O)Nc2ccc(C(F)(F)F)cc2)N(c2ccc(C(F)(F)F)cc2)C(=O)N1CC(=O)NN=CC=Cc1ccc([N+](=O)[O-])o1. The fourth-order valence-electron chi connectivity index (χ4n) is 4.95. The average molecular weight is 697 g/mol. The van der Waals surface area contributed by atoms with Gasteiger partial charge in [0.05, 0.1) is 28.8 Å². The van der Waals surface area contributed by atoms with Gasteiger partial charge in [-0.1, -0.05) is 0 Å². The second-order valence-electron chi connectivity index (χ2n) is 11.0. The van der Waals surface area contributed by atoms with Gasteiger partial charge in [0.2, 0.25) is 0 Å². The number of carbonyl (C=O) groups is 3. The van der Waals surface area contributed by atoms with Crippen LogP contribution in [0.25, 0.3) is 6.08 Å². The fourth-order valence-corrected chi connectivity index (χ4v) is 4.95. The van der Waals surface area contributed by atoms with Gasteiger partial charge in [0.25, 0.3) is 11.8 Å². The maximum atomic E-state index is 13.7. The number of hydrogen-bond donors (Lipinski definition) is 3. The normalized spacial score (nSPS) is 17.2. The molecule has 2 aromatic carbocycles. The Morgan fingerprint density at radius 1 is 1.02 bits per heavy atom. The third-order valence-electron chi connectivity index (χ3n) is 7.36. The number of hydrogen-bond acceptors (Lipinski definition) is 8. The van der Waals surface area contributed by atoms with Crippen molar-refractivity contribution in [1.29, 1.82) is 0 Å². The lowest BCUT2D eigenvalue weighted by Crippen LogP contribution is -2.57. The number of nitrogens with one attached hydrogen (secondary N) is 2. The Morgan fingerprint density at radius 3 is 2.12 bits per heavy atom. The smallest absolute Gasteiger partial charge is 0.401 e. The number of urea groups is 1. The molecule has 4 rings (SSSR count). The molecule has 0 radical (unpaired) electrons. The number of hydrazone groups is 1. The van der Waals surface area contributed by atoms with Gasteiger partial charge < -0.3 is 19.7 Å². The minimum atomic E-state index is -4.72. The molecule has 260 valence electrons. The van der Waals surface area contributed by atoms with Crippen molar-refractivity contribution in [3.05, 3.63) is 93.7 Å². The number of benzene rings is 2. The van der Waals surface area contributed by atoms with E-state index in [1.165, 1.54) is 32.1 Å². The van der Waals surface area contributed by atoms with E-state index in [1.54, 1.807) is 0 Å². The number of rotatable bonds is 10. The van der Waals surface area contributed by atoms with Crippen LogP contribution in [-0.2, 0) is 21.9 Å². The lowest BCUT2D eigenvalue weighted by molar-refractivity contribution is -0.402. The number of amides is 4. The summed E-state index contributed by atoms with van der Waals surface area (Å²) in [7, 11) is 0. The summed E-state index contributed by atoms with van der Waals surface area (Å²) in [6.07, 6.45) is -7.81. The second kappa shape index (κ2) is 13.8. The van der Waals surface area contributed by atoms with Crippen molar-refractivity contribution in [3.8, 4) is 0 Å². The van der Waals surface area contributed by atoms with E-state index in [0.29, 0.717) is 24.3 Å². The van der Waals surface area contributed by atoms with Gasteiger partial charge in [-0.3, -0.25) is 24.6 Å². The van der Waals surface area contributed by atoms with Gasteiger partial charge in [-0.05, 0) is 80.6 Å². The largest absolute Gasteiger partial charge is 0.433 e. The van der Waals surface area contributed by atoms with Crippen LogP contribution in [0.4, 0.5) is 48.4 Å². The van der Waals surface area contributed by atoms with Crippen LogP contribution >= 0.6 is 0 Å². The van der Waals surface area contributed by atoms with Gasteiger partial charge >= 0.3 is 24.3 Å². The molecule has 4 amide bonds. The molecule has 3 N–H and O–H groups in total. The Hall–Kier alpha value is -5.72. The first-order valence-corrected chi connectivity index (χ1v) is 14.0. The highest BCUT2D eigenvalue weighted by atomic mass is 19.4. The Bertz CT molecular complexity index is 1770. The van der Waals surface area contributed by atoms with E-state index >= 15 is 0 Å². The predicted molar refractivity (Wildman–Crippen MR) is 161 cm³/mol. The molecule has 2 heterocycles. The highest BCUT2D eigenvalue weighted by Crippen LogP contribution is 2.39. The number of anilines is 2. The van der Waals surface area contributed by atoms with Crippen LogP contribution in [0.1, 0.15) is 30.7 Å². The molecule has 0 bridgehead atoms. The van der Waals surface area contributed by atoms with Gasteiger partial charge in [0, 0.05) is 17.6 Å². The molecule has 1 saturated heterocycles. The molecule has 2 unspecified atom stereocenters. The number of nitro groups is 1. The van der Waals surface area contributed by atoms with E-state index in [1.807, 2.05) is 0 Å².